The Morgan fingerprint density at radius 3 is 2.75 bits per heavy atom. The molecule has 0 radical (unpaired) electrons. The van der Waals surface area contributed by atoms with Crippen LogP contribution in [0.2, 0.25) is 0 Å². The van der Waals surface area contributed by atoms with Crippen LogP contribution in [0.4, 0.5) is 5.69 Å². The van der Waals surface area contributed by atoms with E-state index in [0.29, 0.717) is 5.56 Å². The van der Waals surface area contributed by atoms with Crippen molar-refractivity contribution >= 4 is 17.7 Å². The minimum atomic E-state index is -0.488. The van der Waals surface area contributed by atoms with Crippen molar-refractivity contribution in [2.75, 3.05) is 6.61 Å². The van der Waals surface area contributed by atoms with E-state index in [9.17, 15) is 14.9 Å². The molecule has 6 nitrogen and oxygen atoms in total. The lowest BCUT2D eigenvalue weighted by molar-refractivity contribution is -0.384. The summed E-state index contributed by atoms with van der Waals surface area (Å²) in [5.74, 6) is -0.223. The Morgan fingerprint density at radius 2 is 2.20 bits per heavy atom. The molecule has 2 N–H and O–H groups in total. The summed E-state index contributed by atoms with van der Waals surface area (Å²) < 4.78 is 0. The van der Waals surface area contributed by atoms with Gasteiger partial charge in [0.25, 0.3) is 5.69 Å². The van der Waals surface area contributed by atoms with Gasteiger partial charge < -0.3 is 10.4 Å². The predicted octanol–water partition coefficient (Wildman–Crippen LogP) is 1.74. The molecule has 0 aliphatic heterocycles. The van der Waals surface area contributed by atoms with Crippen LogP contribution in [0, 0.1) is 16.0 Å². The third kappa shape index (κ3) is 4.81. The van der Waals surface area contributed by atoms with E-state index in [0.717, 1.165) is 0 Å². The molecule has 1 amide bonds. The second-order valence-electron chi connectivity index (χ2n) is 4.73. The Labute approximate surface area is 117 Å². The van der Waals surface area contributed by atoms with Crippen LogP contribution in [-0.4, -0.2) is 28.6 Å². The van der Waals surface area contributed by atoms with Gasteiger partial charge >= 0.3 is 0 Å². The number of benzene rings is 1. The van der Waals surface area contributed by atoms with E-state index in [-0.39, 0.29) is 30.2 Å². The molecule has 1 aromatic carbocycles. The van der Waals surface area contributed by atoms with Crippen LogP contribution in [0.5, 0.6) is 0 Å². The van der Waals surface area contributed by atoms with Crippen molar-refractivity contribution in [2.45, 2.75) is 19.9 Å². The molecule has 0 bridgehead atoms. The van der Waals surface area contributed by atoms with Crippen LogP contribution in [-0.2, 0) is 4.79 Å². The molecule has 20 heavy (non-hydrogen) atoms. The summed E-state index contributed by atoms with van der Waals surface area (Å²) in [4.78, 5) is 21.8. The standard InChI is InChI=1S/C14H18N2O4/c1-10(2)13(9-17)15-14(18)7-6-11-4-3-5-12(8-11)16(19)20/h3-8,10,13,17H,9H2,1-2H3,(H,15,18)/t13-/m1/s1. The molecule has 6 heteroatoms. The number of aliphatic hydroxyl groups excluding tert-OH is 1. The van der Waals surface area contributed by atoms with Gasteiger partial charge in [0.2, 0.25) is 5.91 Å². The largest absolute Gasteiger partial charge is 0.394 e. The number of nitrogens with one attached hydrogen (secondary N) is 1. The van der Waals surface area contributed by atoms with Gasteiger partial charge in [0.15, 0.2) is 0 Å². The van der Waals surface area contributed by atoms with Crippen molar-refractivity contribution in [1.29, 1.82) is 0 Å². The van der Waals surface area contributed by atoms with Crippen molar-refractivity contribution in [2.24, 2.45) is 5.92 Å². The Kier molecular flexibility index (Phi) is 5.86. The molecule has 108 valence electrons. The van der Waals surface area contributed by atoms with Gasteiger partial charge in [-0.3, -0.25) is 14.9 Å². The molecule has 0 saturated carbocycles. The van der Waals surface area contributed by atoms with Crippen molar-refractivity contribution in [3.05, 3.63) is 46.0 Å². The average Bonchev–Trinajstić information content (AvgIpc) is 2.42. The molecule has 1 rings (SSSR count). The van der Waals surface area contributed by atoms with Crippen molar-refractivity contribution in [3.63, 3.8) is 0 Å². The van der Waals surface area contributed by atoms with Gasteiger partial charge in [-0.25, -0.2) is 0 Å². The maximum Gasteiger partial charge on any atom is 0.270 e. The molecule has 0 aliphatic carbocycles. The third-order valence-corrected chi connectivity index (χ3v) is 2.84. The number of nitro benzene ring substituents is 1. The monoisotopic (exact) mass is 278 g/mol. The van der Waals surface area contributed by atoms with Gasteiger partial charge in [0.1, 0.15) is 0 Å². The van der Waals surface area contributed by atoms with Gasteiger partial charge in [0.05, 0.1) is 17.6 Å². The summed E-state index contributed by atoms with van der Waals surface area (Å²) in [5, 5.41) is 22.4. The number of aliphatic hydroxyl groups is 1. The SMILES string of the molecule is CC(C)[C@@H](CO)NC(=O)C=Cc1cccc([N+](=O)[O-])c1. The summed E-state index contributed by atoms with van der Waals surface area (Å²) in [6.07, 6.45) is 2.79. The number of rotatable bonds is 6. The fourth-order valence-corrected chi connectivity index (χ4v) is 1.57. The molecule has 0 spiro atoms. The highest BCUT2D eigenvalue weighted by molar-refractivity contribution is 5.92. The van der Waals surface area contributed by atoms with Crippen LogP contribution in [0.3, 0.4) is 0 Å². The van der Waals surface area contributed by atoms with E-state index in [1.165, 1.54) is 24.3 Å². The lowest BCUT2D eigenvalue weighted by Crippen LogP contribution is -2.40. The minimum absolute atomic E-state index is 0.0250. The van der Waals surface area contributed by atoms with Crippen LogP contribution in [0.15, 0.2) is 30.3 Å². The lowest BCUT2D eigenvalue weighted by atomic mass is 10.1. The van der Waals surface area contributed by atoms with Crippen molar-refractivity contribution in [3.8, 4) is 0 Å². The number of non-ortho nitro benzene ring substituents is 1. The lowest BCUT2D eigenvalue weighted by Gasteiger charge is -2.18. The van der Waals surface area contributed by atoms with E-state index in [2.05, 4.69) is 5.32 Å². The number of hydrogen-bond donors (Lipinski definition) is 2. The molecule has 1 atom stereocenters. The van der Waals surface area contributed by atoms with Crippen LogP contribution in [0.25, 0.3) is 6.08 Å². The molecule has 0 fully saturated rings. The zero-order valence-corrected chi connectivity index (χ0v) is 11.4. The first kappa shape index (κ1) is 15.8. The summed E-state index contributed by atoms with van der Waals surface area (Å²) in [6, 6.07) is 5.69. The molecule has 1 aromatic rings. The highest BCUT2D eigenvalue weighted by atomic mass is 16.6. The fourth-order valence-electron chi connectivity index (χ4n) is 1.57. The number of carbonyl (C=O) groups is 1. The summed E-state index contributed by atoms with van der Waals surface area (Å²) in [7, 11) is 0. The number of hydrogen-bond acceptors (Lipinski definition) is 4. The second kappa shape index (κ2) is 7.40. The molecule has 0 heterocycles. The van der Waals surface area contributed by atoms with E-state index in [1.54, 1.807) is 12.1 Å². The van der Waals surface area contributed by atoms with Gasteiger partial charge in [-0.2, -0.15) is 0 Å². The zero-order chi connectivity index (χ0) is 15.1. The zero-order valence-electron chi connectivity index (χ0n) is 11.4. The minimum Gasteiger partial charge on any atom is -0.394 e. The average molecular weight is 278 g/mol. The second-order valence-corrected chi connectivity index (χ2v) is 4.73. The smallest absolute Gasteiger partial charge is 0.270 e. The predicted molar refractivity (Wildman–Crippen MR) is 76.0 cm³/mol. The molecule has 0 unspecified atom stereocenters. The number of carbonyl (C=O) groups excluding carboxylic acids is 1. The van der Waals surface area contributed by atoms with E-state index in [4.69, 9.17) is 5.11 Å². The number of amides is 1. The molecule has 0 saturated heterocycles. The first-order chi connectivity index (χ1) is 9.43. The van der Waals surface area contributed by atoms with Crippen molar-refractivity contribution in [1.82, 2.24) is 5.32 Å². The molecule has 0 aliphatic rings. The van der Waals surface area contributed by atoms with Gasteiger partial charge in [-0.1, -0.05) is 26.0 Å². The summed E-state index contributed by atoms with van der Waals surface area (Å²) in [5.41, 5.74) is 0.544. The Bertz CT molecular complexity index is 512. The van der Waals surface area contributed by atoms with E-state index >= 15 is 0 Å². The number of nitro groups is 1. The van der Waals surface area contributed by atoms with Crippen LogP contribution < -0.4 is 5.32 Å². The molecular formula is C14H18N2O4. The van der Waals surface area contributed by atoms with Crippen LogP contribution >= 0.6 is 0 Å². The summed E-state index contributed by atoms with van der Waals surface area (Å²) >= 11 is 0. The van der Waals surface area contributed by atoms with Gasteiger partial charge in [-0.15, -0.1) is 0 Å². The highest BCUT2D eigenvalue weighted by Crippen LogP contribution is 2.14. The fraction of sp³-hybridized carbons (Fsp3) is 0.357. The molecule has 0 aromatic heterocycles. The first-order valence-electron chi connectivity index (χ1n) is 6.28. The van der Waals surface area contributed by atoms with E-state index in [1.807, 2.05) is 13.8 Å². The Balaban J connectivity index is 2.70. The topological polar surface area (TPSA) is 92.5 Å². The van der Waals surface area contributed by atoms with Crippen LogP contribution in [0.1, 0.15) is 19.4 Å². The quantitative estimate of drug-likeness (QED) is 0.471. The maximum absolute atomic E-state index is 11.7. The third-order valence-electron chi connectivity index (χ3n) is 2.84. The van der Waals surface area contributed by atoms with Gasteiger partial charge in [0, 0.05) is 18.2 Å². The number of nitrogens with zero attached hydrogens (tertiary/aromatic N) is 1. The van der Waals surface area contributed by atoms with Gasteiger partial charge in [-0.05, 0) is 17.6 Å². The normalized spacial score (nSPS) is 12.6. The first-order valence-corrected chi connectivity index (χ1v) is 6.28. The molecular weight excluding hydrogens is 260 g/mol. The highest BCUT2D eigenvalue weighted by Gasteiger charge is 2.13. The van der Waals surface area contributed by atoms with Crippen molar-refractivity contribution < 1.29 is 14.8 Å². The maximum atomic E-state index is 11.7. The van der Waals surface area contributed by atoms with E-state index < -0.39 is 4.92 Å². The Hall–Kier alpha value is -2.21. The Morgan fingerprint density at radius 1 is 1.50 bits per heavy atom. The summed E-state index contributed by atoms with van der Waals surface area (Å²) in [6.45, 7) is 3.66.